The van der Waals surface area contributed by atoms with Crippen LogP contribution in [0.25, 0.3) is 22.6 Å². The second-order valence-electron chi connectivity index (χ2n) is 8.62. The van der Waals surface area contributed by atoms with Crippen molar-refractivity contribution in [3.8, 4) is 34.1 Å². The van der Waals surface area contributed by atoms with Crippen molar-refractivity contribution in [1.82, 2.24) is 19.3 Å². The van der Waals surface area contributed by atoms with Gasteiger partial charge >= 0.3 is 0 Å². The van der Waals surface area contributed by atoms with Crippen molar-refractivity contribution in [1.29, 1.82) is 0 Å². The molecule has 4 heterocycles. The van der Waals surface area contributed by atoms with E-state index in [1.54, 1.807) is 34.8 Å². The van der Waals surface area contributed by atoms with Gasteiger partial charge in [0, 0.05) is 30.8 Å². The molecule has 0 amide bonds. The minimum Gasteiger partial charge on any atom is -0.454 e. The van der Waals surface area contributed by atoms with Crippen LogP contribution in [0.1, 0.15) is 24.6 Å². The summed E-state index contributed by atoms with van der Waals surface area (Å²) in [6.07, 6.45) is 3.12. The number of piperidine rings is 1. The molecular formula is C26H24N4O4S. The fourth-order valence-electron chi connectivity index (χ4n) is 4.64. The molecule has 1 fully saturated rings. The number of hydrogen-bond donors (Lipinski definition) is 1. The van der Waals surface area contributed by atoms with Gasteiger partial charge < -0.3 is 14.5 Å². The molecule has 9 heteroatoms. The Morgan fingerprint density at radius 2 is 1.69 bits per heavy atom. The average molecular weight is 489 g/mol. The van der Waals surface area contributed by atoms with Gasteiger partial charge in [0.05, 0.1) is 22.0 Å². The van der Waals surface area contributed by atoms with Crippen LogP contribution in [-0.2, 0) is 10.0 Å². The first-order valence-electron chi connectivity index (χ1n) is 11.6. The van der Waals surface area contributed by atoms with Crippen molar-refractivity contribution in [2.45, 2.75) is 23.7 Å². The van der Waals surface area contributed by atoms with Crippen molar-refractivity contribution >= 4 is 10.0 Å². The number of rotatable bonds is 5. The Kier molecular flexibility index (Phi) is 5.50. The van der Waals surface area contributed by atoms with Crippen LogP contribution in [0.15, 0.2) is 77.8 Å². The molecule has 0 unspecified atom stereocenters. The lowest BCUT2D eigenvalue weighted by atomic mass is 9.97. The van der Waals surface area contributed by atoms with Crippen LogP contribution < -0.4 is 9.47 Å². The molecule has 2 aliphatic heterocycles. The number of aromatic nitrogens is 3. The van der Waals surface area contributed by atoms with E-state index in [2.05, 4.69) is 9.97 Å². The van der Waals surface area contributed by atoms with Crippen LogP contribution >= 0.6 is 0 Å². The molecule has 0 aliphatic carbocycles. The SMILES string of the molecule is O=S(=O)(c1ccccc1)N1CCC(c2nc(-c3ccc4c(c3)OCO4)c(-c3ccccn3)[nH]2)CC1. The van der Waals surface area contributed by atoms with E-state index in [0.717, 1.165) is 34.2 Å². The summed E-state index contributed by atoms with van der Waals surface area (Å²) in [5, 5.41) is 0. The van der Waals surface area contributed by atoms with Gasteiger partial charge in [-0.2, -0.15) is 4.31 Å². The Morgan fingerprint density at radius 1 is 0.914 bits per heavy atom. The van der Waals surface area contributed by atoms with Gasteiger partial charge in [0.25, 0.3) is 0 Å². The number of imidazole rings is 1. The molecule has 1 N–H and O–H groups in total. The molecular weight excluding hydrogens is 464 g/mol. The molecule has 1 saturated heterocycles. The zero-order valence-corrected chi connectivity index (χ0v) is 19.7. The van der Waals surface area contributed by atoms with Crippen LogP contribution in [0.3, 0.4) is 0 Å². The fraction of sp³-hybridized carbons (Fsp3) is 0.231. The number of pyridine rings is 1. The molecule has 0 saturated carbocycles. The highest BCUT2D eigenvalue weighted by molar-refractivity contribution is 7.89. The molecule has 0 atom stereocenters. The number of benzene rings is 2. The van der Waals surface area contributed by atoms with E-state index in [1.165, 1.54) is 0 Å². The van der Waals surface area contributed by atoms with Gasteiger partial charge in [0.15, 0.2) is 11.5 Å². The van der Waals surface area contributed by atoms with Crippen LogP contribution in [0.4, 0.5) is 0 Å². The molecule has 6 rings (SSSR count). The van der Waals surface area contributed by atoms with E-state index in [1.807, 2.05) is 42.5 Å². The Hall–Kier alpha value is -3.69. The second kappa shape index (κ2) is 8.83. The molecule has 2 aliphatic rings. The van der Waals surface area contributed by atoms with Crippen molar-refractivity contribution in [3.63, 3.8) is 0 Å². The molecule has 4 aromatic rings. The summed E-state index contributed by atoms with van der Waals surface area (Å²) in [4.78, 5) is 13.4. The van der Waals surface area contributed by atoms with Crippen molar-refractivity contribution < 1.29 is 17.9 Å². The summed E-state index contributed by atoms with van der Waals surface area (Å²) < 4.78 is 38.6. The van der Waals surface area contributed by atoms with Crippen molar-refractivity contribution in [3.05, 3.63) is 78.8 Å². The van der Waals surface area contributed by atoms with E-state index in [9.17, 15) is 8.42 Å². The van der Waals surface area contributed by atoms with E-state index < -0.39 is 10.0 Å². The van der Waals surface area contributed by atoms with Crippen LogP contribution in [0.2, 0.25) is 0 Å². The second-order valence-corrected chi connectivity index (χ2v) is 10.6. The molecule has 0 bridgehead atoms. The fourth-order valence-corrected chi connectivity index (χ4v) is 6.14. The lowest BCUT2D eigenvalue weighted by Crippen LogP contribution is -2.38. The molecule has 0 radical (unpaired) electrons. The third-order valence-corrected chi connectivity index (χ3v) is 8.42. The van der Waals surface area contributed by atoms with E-state index in [0.29, 0.717) is 36.6 Å². The lowest BCUT2D eigenvalue weighted by molar-refractivity contribution is 0.174. The van der Waals surface area contributed by atoms with Gasteiger partial charge in [0.1, 0.15) is 5.82 Å². The summed E-state index contributed by atoms with van der Waals surface area (Å²) in [6, 6.07) is 20.2. The maximum absolute atomic E-state index is 13.0. The number of nitrogens with one attached hydrogen (secondary N) is 1. The number of fused-ring (bicyclic) bond motifs is 1. The monoisotopic (exact) mass is 488 g/mol. The summed E-state index contributed by atoms with van der Waals surface area (Å²) in [5.74, 6) is 2.37. The zero-order chi connectivity index (χ0) is 23.8. The summed E-state index contributed by atoms with van der Waals surface area (Å²) in [5.41, 5.74) is 3.32. The van der Waals surface area contributed by atoms with E-state index in [-0.39, 0.29) is 12.7 Å². The summed E-state index contributed by atoms with van der Waals surface area (Å²) >= 11 is 0. The van der Waals surface area contributed by atoms with Gasteiger partial charge in [-0.3, -0.25) is 4.98 Å². The Labute approximate surface area is 203 Å². The maximum Gasteiger partial charge on any atom is 0.243 e. The van der Waals surface area contributed by atoms with Gasteiger partial charge in [-0.25, -0.2) is 13.4 Å². The Balaban J connectivity index is 1.29. The largest absolute Gasteiger partial charge is 0.454 e. The average Bonchev–Trinajstić information content (AvgIpc) is 3.57. The topological polar surface area (TPSA) is 97.4 Å². The van der Waals surface area contributed by atoms with E-state index in [4.69, 9.17) is 14.5 Å². The van der Waals surface area contributed by atoms with Gasteiger partial charge in [-0.1, -0.05) is 24.3 Å². The molecule has 35 heavy (non-hydrogen) atoms. The first-order chi connectivity index (χ1) is 17.1. The quantitative estimate of drug-likeness (QED) is 0.446. The summed E-state index contributed by atoms with van der Waals surface area (Å²) in [7, 11) is -3.50. The van der Waals surface area contributed by atoms with Crippen LogP contribution in [0, 0.1) is 0 Å². The number of sulfonamides is 1. The molecule has 0 spiro atoms. The Bertz CT molecular complexity index is 1450. The highest BCUT2D eigenvalue weighted by Gasteiger charge is 2.32. The minimum atomic E-state index is -3.50. The minimum absolute atomic E-state index is 0.113. The highest BCUT2D eigenvalue weighted by Crippen LogP contribution is 2.39. The number of nitrogens with zero attached hydrogens (tertiary/aromatic N) is 3. The number of H-pyrrole nitrogens is 1. The molecule has 178 valence electrons. The maximum atomic E-state index is 13.0. The number of ether oxygens (including phenoxy) is 2. The first-order valence-corrected chi connectivity index (χ1v) is 13.0. The van der Waals surface area contributed by atoms with Crippen molar-refractivity contribution in [2.24, 2.45) is 0 Å². The van der Waals surface area contributed by atoms with E-state index >= 15 is 0 Å². The van der Waals surface area contributed by atoms with Gasteiger partial charge in [-0.05, 0) is 55.3 Å². The van der Waals surface area contributed by atoms with Crippen molar-refractivity contribution in [2.75, 3.05) is 19.9 Å². The Morgan fingerprint density at radius 3 is 2.46 bits per heavy atom. The zero-order valence-electron chi connectivity index (χ0n) is 18.9. The van der Waals surface area contributed by atoms with Gasteiger partial charge in [0.2, 0.25) is 16.8 Å². The number of aromatic amines is 1. The van der Waals surface area contributed by atoms with Gasteiger partial charge in [-0.15, -0.1) is 0 Å². The molecule has 2 aromatic carbocycles. The third kappa shape index (κ3) is 4.06. The smallest absolute Gasteiger partial charge is 0.243 e. The number of hydrogen-bond acceptors (Lipinski definition) is 6. The standard InChI is InChI=1S/C26H24N4O4S/c31-35(32,20-6-2-1-3-7-20)30-14-11-18(12-15-30)26-28-24(25(29-26)21-8-4-5-13-27-21)19-9-10-22-23(16-19)34-17-33-22/h1-10,13,16,18H,11-12,14-15,17H2,(H,28,29). The molecule has 2 aromatic heterocycles. The lowest BCUT2D eigenvalue weighted by Gasteiger charge is -2.30. The summed E-state index contributed by atoms with van der Waals surface area (Å²) in [6.45, 7) is 1.10. The first kappa shape index (κ1) is 21.8. The highest BCUT2D eigenvalue weighted by atomic mass is 32.2. The predicted octanol–water partition coefficient (Wildman–Crippen LogP) is 4.44. The predicted molar refractivity (Wildman–Crippen MR) is 131 cm³/mol. The molecule has 8 nitrogen and oxygen atoms in total. The third-order valence-electron chi connectivity index (χ3n) is 6.51. The van der Waals surface area contributed by atoms with Crippen LogP contribution in [0.5, 0.6) is 11.5 Å². The normalized spacial score (nSPS) is 16.5. The van der Waals surface area contributed by atoms with Crippen LogP contribution in [-0.4, -0.2) is 47.6 Å².